The van der Waals surface area contributed by atoms with E-state index in [1.165, 1.54) is 12.1 Å². The lowest BCUT2D eigenvalue weighted by Gasteiger charge is -2.15. The van der Waals surface area contributed by atoms with E-state index in [-0.39, 0.29) is 5.02 Å². The first kappa shape index (κ1) is 13.4. The van der Waals surface area contributed by atoms with Gasteiger partial charge in [0, 0.05) is 10.7 Å². The van der Waals surface area contributed by atoms with Gasteiger partial charge in [-0.1, -0.05) is 29.8 Å². The van der Waals surface area contributed by atoms with Crippen molar-refractivity contribution in [1.29, 1.82) is 5.26 Å². The van der Waals surface area contributed by atoms with Crippen LogP contribution in [0.25, 0.3) is 0 Å². The Labute approximate surface area is 116 Å². The van der Waals surface area contributed by atoms with Crippen LogP contribution in [0.2, 0.25) is 5.02 Å². The van der Waals surface area contributed by atoms with Gasteiger partial charge in [-0.25, -0.2) is 4.39 Å². The Morgan fingerprint density at radius 3 is 2.63 bits per heavy atom. The fraction of sp³-hybridized carbons (Fsp3) is 0.133. The standard InChI is InChI=1S/C15H12ClFN2/c1-10-4-2-3-5-14(10)19-15(9-18)11-6-12(16)8-13(17)7-11/h2-8,15,19H,1H3. The topological polar surface area (TPSA) is 35.8 Å². The molecule has 0 aliphatic heterocycles. The number of nitrogens with one attached hydrogen (secondary N) is 1. The van der Waals surface area contributed by atoms with Gasteiger partial charge in [-0.15, -0.1) is 0 Å². The normalized spacial score (nSPS) is 11.7. The highest BCUT2D eigenvalue weighted by atomic mass is 35.5. The monoisotopic (exact) mass is 274 g/mol. The third kappa shape index (κ3) is 3.24. The molecule has 0 heterocycles. The minimum absolute atomic E-state index is 0.279. The van der Waals surface area contributed by atoms with E-state index in [0.717, 1.165) is 11.3 Å². The molecule has 19 heavy (non-hydrogen) atoms. The Hall–Kier alpha value is -2.05. The highest BCUT2D eigenvalue weighted by molar-refractivity contribution is 6.30. The van der Waals surface area contributed by atoms with Crippen molar-refractivity contribution in [1.82, 2.24) is 0 Å². The van der Waals surface area contributed by atoms with Gasteiger partial charge < -0.3 is 5.32 Å². The Morgan fingerprint density at radius 2 is 2.00 bits per heavy atom. The van der Waals surface area contributed by atoms with Crippen LogP contribution in [0.4, 0.5) is 10.1 Å². The number of halogens is 2. The van der Waals surface area contributed by atoms with Gasteiger partial charge in [0.15, 0.2) is 0 Å². The molecule has 0 aromatic heterocycles. The number of hydrogen-bond acceptors (Lipinski definition) is 2. The van der Waals surface area contributed by atoms with Crippen molar-refractivity contribution in [3.63, 3.8) is 0 Å². The highest BCUT2D eigenvalue weighted by Crippen LogP contribution is 2.24. The molecule has 0 aliphatic carbocycles. The van der Waals surface area contributed by atoms with E-state index >= 15 is 0 Å². The van der Waals surface area contributed by atoms with Gasteiger partial charge in [-0.2, -0.15) is 5.26 Å². The smallest absolute Gasteiger partial charge is 0.140 e. The van der Waals surface area contributed by atoms with Gasteiger partial charge in [0.25, 0.3) is 0 Å². The number of nitriles is 1. The van der Waals surface area contributed by atoms with Crippen molar-refractivity contribution < 1.29 is 4.39 Å². The van der Waals surface area contributed by atoms with E-state index in [9.17, 15) is 9.65 Å². The number of nitrogens with zero attached hydrogens (tertiary/aromatic N) is 1. The van der Waals surface area contributed by atoms with Crippen LogP contribution in [-0.2, 0) is 0 Å². The zero-order valence-electron chi connectivity index (χ0n) is 10.3. The molecule has 0 amide bonds. The summed E-state index contributed by atoms with van der Waals surface area (Å²) in [5, 5.41) is 12.6. The summed E-state index contributed by atoms with van der Waals surface area (Å²) in [6.45, 7) is 1.94. The molecule has 0 fully saturated rings. The maximum atomic E-state index is 13.3. The molecule has 96 valence electrons. The second-order valence-corrected chi connectivity index (χ2v) is 4.66. The third-order valence-electron chi connectivity index (χ3n) is 2.79. The van der Waals surface area contributed by atoms with E-state index in [0.29, 0.717) is 5.56 Å². The SMILES string of the molecule is Cc1ccccc1NC(C#N)c1cc(F)cc(Cl)c1. The first-order chi connectivity index (χ1) is 9.10. The van der Waals surface area contributed by atoms with Crippen molar-refractivity contribution in [2.45, 2.75) is 13.0 Å². The molecule has 2 rings (SSSR count). The Morgan fingerprint density at radius 1 is 1.26 bits per heavy atom. The van der Waals surface area contributed by atoms with E-state index in [2.05, 4.69) is 11.4 Å². The number of aryl methyl sites for hydroxylation is 1. The molecule has 0 aliphatic rings. The highest BCUT2D eigenvalue weighted by Gasteiger charge is 2.13. The Balaban J connectivity index is 2.31. The predicted molar refractivity (Wildman–Crippen MR) is 74.6 cm³/mol. The summed E-state index contributed by atoms with van der Waals surface area (Å²) in [6, 6.07) is 13.2. The van der Waals surface area contributed by atoms with Crippen LogP contribution >= 0.6 is 11.6 Å². The van der Waals surface area contributed by atoms with Gasteiger partial charge in [-0.05, 0) is 42.3 Å². The number of para-hydroxylation sites is 1. The molecule has 0 saturated carbocycles. The molecule has 1 unspecified atom stereocenters. The van der Waals surface area contributed by atoms with E-state index in [4.69, 9.17) is 11.6 Å². The van der Waals surface area contributed by atoms with Crippen LogP contribution in [0.3, 0.4) is 0 Å². The lowest BCUT2D eigenvalue weighted by molar-refractivity contribution is 0.625. The van der Waals surface area contributed by atoms with Crippen LogP contribution in [0.15, 0.2) is 42.5 Å². The van der Waals surface area contributed by atoms with Gasteiger partial charge in [0.2, 0.25) is 0 Å². The first-order valence-electron chi connectivity index (χ1n) is 5.78. The summed E-state index contributed by atoms with van der Waals surface area (Å²) in [7, 11) is 0. The zero-order chi connectivity index (χ0) is 13.8. The molecule has 0 bridgehead atoms. The zero-order valence-corrected chi connectivity index (χ0v) is 11.1. The van der Waals surface area contributed by atoms with Crippen LogP contribution in [0.1, 0.15) is 17.2 Å². The molecule has 4 heteroatoms. The lowest BCUT2D eigenvalue weighted by atomic mass is 10.1. The van der Waals surface area contributed by atoms with Crippen molar-refractivity contribution in [3.8, 4) is 6.07 Å². The van der Waals surface area contributed by atoms with Crippen LogP contribution < -0.4 is 5.32 Å². The molecule has 1 N–H and O–H groups in total. The van der Waals surface area contributed by atoms with Crippen molar-refractivity contribution in [3.05, 3.63) is 64.4 Å². The number of rotatable bonds is 3. The third-order valence-corrected chi connectivity index (χ3v) is 3.01. The molecule has 2 aromatic carbocycles. The summed E-state index contributed by atoms with van der Waals surface area (Å²) in [5.41, 5.74) is 2.37. The second-order valence-electron chi connectivity index (χ2n) is 4.22. The van der Waals surface area contributed by atoms with Crippen LogP contribution in [-0.4, -0.2) is 0 Å². The maximum Gasteiger partial charge on any atom is 0.140 e. The molecule has 1 atom stereocenters. The van der Waals surface area contributed by atoms with Crippen molar-refractivity contribution in [2.24, 2.45) is 0 Å². The van der Waals surface area contributed by atoms with Gasteiger partial charge >= 0.3 is 0 Å². The minimum atomic E-state index is -0.644. The van der Waals surface area contributed by atoms with Crippen LogP contribution in [0.5, 0.6) is 0 Å². The summed E-state index contributed by atoms with van der Waals surface area (Å²) < 4.78 is 13.3. The Kier molecular flexibility index (Phi) is 4.03. The van der Waals surface area contributed by atoms with E-state index < -0.39 is 11.9 Å². The summed E-state index contributed by atoms with van der Waals surface area (Å²) in [6.07, 6.45) is 0. The molecular formula is C15H12ClFN2. The van der Waals surface area contributed by atoms with Gasteiger partial charge in [0.05, 0.1) is 6.07 Å². The summed E-state index contributed by atoms with van der Waals surface area (Å²) in [5.74, 6) is -0.450. The maximum absolute atomic E-state index is 13.3. The summed E-state index contributed by atoms with van der Waals surface area (Å²) in [4.78, 5) is 0. The number of anilines is 1. The molecular weight excluding hydrogens is 263 g/mol. The van der Waals surface area contributed by atoms with E-state index in [1.807, 2.05) is 31.2 Å². The fourth-order valence-corrected chi connectivity index (χ4v) is 2.05. The first-order valence-corrected chi connectivity index (χ1v) is 6.15. The molecule has 0 radical (unpaired) electrons. The lowest BCUT2D eigenvalue weighted by Crippen LogP contribution is -2.09. The molecule has 0 saturated heterocycles. The van der Waals surface area contributed by atoms with Gasteiger partial charge in [-0.3, -0.25) is 0 Å². The quantitative estimate of drug-likeness (QED) is 0.897. The Bertz CT molecular complexity index is 614. The second kappa shape index (κ2) is 5.73. The largest absolute Gasteiger partial charge is 0.366 e. The number of hydrogen-bond donors (Lipinski definition) is 1. The van der Waals surface area contributed by atoms with Crippen LogP contribution in [0, 0.1) is 24.1 Å². The minimum Gasteiger partial charge on any atom is -0.366 e. The average molecular weight is 275 g/mol. The number of benzene rings is 2. The van der Waals surface area contributed by atoms with Crippen molar-refractivity contribution >= 4 is 17.3 Å². The summed E-state index contributed by atoms with van der Waals surface area (Å²) >= 11 is 5.81. The van der Waals surface area contributed by atoms with E-state index in [1.54, 1.807) is 6.07 Å². The average Bonchev–Trinajstić information content (AvgIpc) is 2.36. The molecule has 2 nitrogen and oxygen atoms in total. The molecule has 2 aromatic rings. The van der Waals surface area contributed by atoms with Gasteiger partial charge in [0.1, 0.15) is 11.9 Å². The molecule has 0 spiro atoms. The predicted octanol–water partition coefficient (Wildman–Crippen LogP) is 4.46. The fourth-order valence-electron chi connectivity index (χ4n) is 1.82. The van der Waals surface area contributed by atoms with Crippen molar-refractivity contribution in [2.75, 3.05) is 5.32 Å².